The molecule has 19 nitrogen and oxygen atoms in total. The maximum Gasteiger partial charge on any atom is 0.220 e. The van der Waals surface area contributed by atoms with Gasteiger partial charge >= 0.3 is 0 Å². The Hall–Kier alpha value is -1.99. The molecule has 0 aromatic heterocycles. The summed E-state index contributed by atoms with van der Waals surface area (Å²) in [4.78, 5) is 12.9. The molecule has 0 bridgehead atoms. The van der Waals surface area contributed by atoms with Crippen LogP contribution in [0.3, 0.4) is 0 Å². The minimum absolute atomic E-state index is 0.223. The molecule has 0 aliphatic carbocycles. The highest BCUT2D eigenvalue weighted by Gasteiger charge is 2.53. The number of carbonyl (C=O) groups excluding carboxylic acids is 1. The number of hydrogen-bond acceptors (Lipinski definition) is 18. The molecule has 3 saturated heterocycles. The van der Waals surface area contributed by atoms with Crippen molar-refractivity contribution < 1.29 is 89.4 Å². The fraction of sp³-hybridized carbons (Fsp3) is 0.848. The van der Waals surface area contributed by atoms with Crippen molar-refractivity contribution in [2.45, 2.75) is 221 Å². The molecule has 17 atom stereocenters. The first kappa shape index (κ1) is 57.3. The number of unbranched alkanes of at least 4 members (excludes halogenated alkanes) is 11. The number of amides is 1. The number of nitrogens with one attached hydrogen (secondary N) is 1. The van der Waals surface area contributed by atoms with E-state index in [1.165, 1.54) is 38.5 Å². The SMILES string of the molecule is CCCCCCCC/C=C/CC/C=C/CC/C=C/C(O)C(COC1OC(CO)C(OC2OC(CO)C(OC3OC(CO)C(O)C(O)C3O)C(O)C2O)C(O)C1O)NC(=O)CCCCCC. The van der Waals surface area contributed by atoms with Crippen LogP contribution in [0.25, 0.3) is 0 Å². The zero-order valence-electron chi connectivity index (χ0n) is 38.2. The van der Waals surface area contributed by atoms with Gasteiger partial charge in [-0.15, -0.1) is 0 Å². The molecular formula is C46H81NO18. The number of ether oxygens (including phenoxy) is 6. The molecule has 0 spiro atoms. The third-order valence-electron chi connectivity index (χ3n) is 11.9. The number of carbonyl (C=O) groups is 1. The molecule has 1 amide bonds. The van der Waals surface area contributed by atoms with Crippen molar-refractivity contribution >= 4 is 5.91 Å². The van der Waals surface area contributed by atoms with Gasteiger partial charge in [0.15, 0.2) is 18.9 Å². The van der Waals surface area contributed by atoms with Crippen LogP contribution in [-0.2, 0) is 33.2 Å². The summed E-state index contributed by atoms with van der Waals surface area (Å²) in [6.45, 7) is 1.48. The average molecular weight is 936 g/mol. The van der Waals surface area contributed by atoms with Crippen LogP contribution in [-0.4, -0.2) is 193 Å². The van der Waals surface area contributed by atoms with Gasteiger partial charge in [-0.3, -0.25) is 4.79 Å². The first-order chi connectivity index (χ1) is 31.3. The molecule has 378 valence electrons. The number of aliphatic hydroxyl groups is 11. The standard InChI is InChI=1S/C46H81NO18/c1-3-5-7-9-10-11-12-13-14-15-16-17-18-19-20-21-23-30(51)29(47-34(52)24-22-8-6-4-2)28-60-44-40(58)37(55)42(32(26-49)62-44)65-46-41(59)38(56)43(33(27-50)63-46)64-45-39(57)36(54)35(53)31(25-48)61-45/h13-14,17-18,21,23,29-33,35-46,48-51,53-59H,3-12,15-16,19-20,22,24-28H2,1-2H3,(H,47,52)/b14-13+,18-17+,23-21+. The summed E-state index contributed by atoms with van der Waals surface area (Å²) in [5.41, 5.74) is 0. The van der Waals surface area contributed by atoms with E-state index >= 15 is 0 Å². The summed E-state index contributed by atoms with van der Waals surface area (Å²) < 4.78 is 33.9. The molecule has 3 heterocycles. The Labute approximate surface area is 383 Å². The summed E-state index contributed by atoms with van der Waals surface area (Å²) in [5, 5.41) is 119. The summed E-state index contributed by atoms with van der Waals surface area (Å²) in [6, 6.07) is -0.987. The molecule has 0 aromatic rings. The van der Waals surface area contributed by atoms with Gasteiger partial charge in [-0.05, 0) is 44.9 Å². The number of aliphatic hydroxyl groups excluding tert-OH is 11. The molecule has 65 heavy (non-hydrogen) atoms. The van der Waals surface area contributed by atoms with Crippen LogP contribution in [0.15, 0.2) is 36.5 Å². The van der Waals surface area contributed by atoms with E-state index < -0.39 is 124 Å². The third-order valence-corrected chi connectivity index (χ3v) is 11.9. The fourth-order valence-corrected chi connectivity index (χ4v) is 7.87. The Morgan fingerprint density at radius 3 is 1.54 bits per heavy atom. The Kier molecular flexibility index (Phi) is 28.2. The molecule has 0 saturated carbocycles. The predicted octanol–water partition coefficient (Wildman–Crippen LogP) is 0.247. The highest BCUT2D eigenvalue weighted by Crippen LogP contribution is 2.33. The van der Waals surface area contributed by atoms with Crippen molar-refractivity contribution in [3.05, 3.63) is 36.5 Å². The second kappa shape index (κ2) is 31.9. The molecule has 0 radical (unpaired) electrons. The molecule has 3 aliphatic rings. The maximum atomic E-state index is 12.9. The van der Waals surface area contributed by atoms with E-state index in [1.807, 2.05) is 0 Å². The van der Waals surface area contributed by atoms with Crippen molar-refractivity contribution in [2.75, 3.05) is 26.4 Å². The van der Waals surface area contributed by atoms with Gasteiger partial charge < -0.3 is 89.9 Å². The Bertz CT molecular complexity index is 1350. The van der Waals surface area contributed by atoms with E-state index in [0.29, 0.717) is 12.8 Å². The van der Waals surface area contributed by atoms with Crippen LogP contribution in [0, 0.1) is 0 Å². The molecule has 3 aliphatic heterocycles. The minimum atomic E-state index is -1.98. The minimum Gasteiger partial charge on any atom is -0.394 e. The van der Waals surface area contributed by atoms with Gasteiger partial charge in [0.1, 0.15) is 73.2 Å². The van der Waals surface area contributed by atoms with Gasteiger partial charge in [-0.1, -0.05) is 102 Å². The molecule has 17 unspecified atom stereocenters. The summed E-state index contributed by atoms with van der Waals surface area (Å²) >= 11 is 0. The Morgan fingerprint density at radius 1 is 0.538 bits per heavy atom. The maximum absolute atomic E-state index is 12.9. The van der Waals surface area contributed by atoms with E-state index in [-0.39, 0.29) is 18.9 Å². The summed E-state index contributed by atoms with van der Waals surface area (Å²) in [7, 11) is 0. The molecule has 3 rings (SSSR count). The summed E-state index contributed by atoms with van der Waals surface area (Å²) in [6.07, 6.45) is 1.03. The smallest absolute Gasteiger partial charge is 0.220 e. The van der Waals surface area contributed by atoms with E-state index in [4.69, 9.17) is 28.4 Å². The number of hydrogen-bond donors (Lipinski definition) is 12. The topological polar surface area (TPSA) is 307 Å². The zero-order chi connectivity index (χ0) is 47.7. The third kappa shape index (κ3) is 18.8. The lowest BCUT2D eigenvalue weighted by Crippen LogP contribution is -2.66. The quantitative estimate of drug-likeness (QED) is 0.0328. The van der Waals surface area contributed by atoms with Gasteiger partial charge in [0.2, 0.25) is 5.91 Å². The fourth-order valence-electron chi connectivity index (χ4n) is 7.87. The van der Waals surface area contributed by atoms with Gasteiger partial charge in [0, 0.05) is 6.42 Å². The van der Waals surface area contributed by atoms with Crippen molar-refractivity contribution in [3.63, 3.8) is 0 Å². The van der Waals surface area contributed by atoms with Crippen LogP contribution >= 0.6 is 0 Å². The van der Waals surface area contributed by atoms with Crippen molar-refractivity contribution in [1.29, 1.82) is 0 Å². The van der Waals surface area contributed by atoms with Crippen molar-refractivity contribution in [3.8, 4) is 0 Å². The predicted molar refractivity (Wildman–Crippen MR) is 236 cm³/mol. The molecular weight excluding hydrogens is 854 g/mol. The van der Waals surface area contributed by atoms with E-state index in [1.54, 1.807) is 12.2 Å². The van der Waals surface area contributed by atoms with Gasteiger partial charge in [-0.2, -0.15) is 0 Å². The van der Waals surface area contributed by atoms with Crippen LogP contribution in [0.4, 0.5) is 0 Å². The lowest BCUT2D eigenvalue weighted by atomic mass is 9.96. The Balaban J connectivity index is 1.56. The molecule has 19 heteroatoms. The molecule has 0 aromatic carbocycles. The van der Waals surface area contributed by atoms with Crippen LogP contribution < -0.4 is 5.32 Å². The summed E-state index contributed by atoms with van der Waals surface area (Å²) in [5.74, 6) is -0.312. The zero-order valence-corrected chi connectivity index (χ0v) is 38.2. The second-order valence-corrected chi connectivity index (χ2v) is 17.2. The number of rotatable bonds is 31. The van der Waals surface area contributed by atoms with Crippen LogP contribution in [0.1, 0.15) is 117 Å². The molecule has 12 N–H and O–H groups in total. The van der Waals surface area contributed by atoms with Crippen LogP contribution in [0.5, 0.6) is 0 Å². The number of allylic oxidation sites excluding steroid dienone is 5. The van der Waals surface area contributed by atoms with E-state index in [9.17, 15) is 61.0 Å². The highest BCUT2D eigenvalue weighted by atomic mass is 16.8. The first-order valence-electron chi connectivity index (χ1n) is 23.7. The highest BCUT2D eigenvalue weighted by molar-refractivity contribution is 5.76. The lowest BCUT2D eigenvalue weighted by molar-refractivity contribution is -0.379. The first-order valence-corrected chi connectivity index (χ1v) is 23.7. The monoisotopic (exact) mass is 936 g/mol. The molecule has 3 fully saturated rings. The van der Waals surface area contributed by atoms with Crippen molar-refractivity contribution in [2.24, 2.45) is 0 Å². The van der Waals surface area contributed by atoms with Crippen LogP contribution in [0.2, 0.25) is 0 Å². The average Bonchev–Trinajstić information content (AvgIpc) is 3.30. The van der Waals surface area contributed by atoms with E-state index in [0.717, 1.165) is 44.9 Å². The lowest BCUT2D eigenvalue weighted by Gasteiger charge is -2.48. The van der Waals surface area contributed by atoms with Gasteiger partial charge in [0.05, 0.1) is 38.6 Å². The van der Waals surface area contributed by atoms with Gasteiger partial charge in [0.25, 0.3) is 0 Å². The second-order valence-electron chi connectivity index (χ2n) is 17.2. The van der Waals surface area contributed by atoms with Gasteiger partial charge in [-0.25, -0.2) is 0 Å². The normalized spacial score (nSPS) is 34.4. The van der Waals surface area contributed by atoms with Crippen molar-refractivity contribution in [1.82, 2.24) is 5.32 Å². The Morgan fingerprint density at radius 2 is 0.985 bits per heavy atom. The largest absolute Gasteiger partial charge is 0.394 e. The van der Waals surface area contributed by atoms with E-state index in [2.05, 4.69) is 43.5 Å².